The third-order valence-corrected chi connectivity index (χ3v) is 8.41. The van der Waals surface area contributed by atoms with Gasteiger partial charge in [0.15, 0.2) is 5.82 Å². The lowest BCUT2D eigenvalue weighted by molar-refractivity contribution is 0.446. The van der Waals surface area contributed by atoms with Gasteiger partial charge in [-0.25, -0.2) is 0 Å². The quantitative estimate of drug-likeness (QED) is 0.281. The van der Waals surface area contributed by atoms with Gasteiger partial charge >= 0.3 is 0 Å². The fourth-order valence-electron chi connectivity index (χ4n) is 6.22. The normalized spacial score (nSPS) is 22.8. The molecule has 176 valence electrons. The van der Waals surface area contributed by atoms with E-state index in [1.54, 1.807) is 0 Å². The van der Waals surface area contributed by atoms with Crippen molar-refractivity contribution in [3.05, 3.63) is 115 Å². The van der Waals surface area contributed by atoms with Crippen molar-refractivity contribution in [1.29, 1.82) is 5.26 Å². The van der Waals surface area contributed by atoms with E-state index in [4.69, 9.17) is 0 Å². The molecule has 36 heavy (non-hydrogen) atoms. The molecule has 0 radical (unpaired) electrons. The number of aromatic nitrogens is 3. The van der Waals surface area contributed by atoms with Gasteiger partial charge in [-0.05, 0) is 66.6 Å². The first-order chi connectivity index (χ1) is 17.5. The van der Waals surface area contributed by atoms with E-state index in [1.807, 2.05) is 41.8 Å². The molecule has 0 saturated heterocycles. The van der Waals surface area contributed by atoms with Crippen LogP contribution in [0.3, 0.4) is 0 Å². The molecule has 3 aromatic carbocycles. The summed E-state index contributed by atoms with van der Waals surface area (Å²) < 4.78 is 2.05. The number of benzene rings is 3. The van der Waals surface area contributed by atoms with Crippen LogP contribution in [0.4, 0.5) is 0 Å². The van der Waals surface area contributed by atoms with Gasteiger partial charge in [-0.1, -0.05) is 73.7 Å². The van der Waals surface area contributed by atoms with Crippen LogP contribution in [-0.2, 0) is 5.41 Å². The summed E-state index contributed by atoms with van der Waals surface area (Å²) in [6.45, 7) is 13.2. The molecule has 0 bridgehead atoms. The van der Waals surface area contributed by atoms with Gasteiger partial charge < -0.3 is 0 Å². The van der Waals surface area contributed by atoms with Gasteiger partial charge in [-0.3, -0.25) is 4.57 Å². The Kier molecular flexibility index (Phi) is 4.88. The van der Waals surface area contributed by atoms with Crippen LogP contribution in [0, 0.1) is 29.6 Å². The van der Waals surface area contributed by atoms with E-state index >= 15 is 0 Å². The number of nitrogens with zero attached hydrogens (tertiary/aromatic N) is 4. The molecule has 2 aliphatic rings. The zero-order chi connectivity index (χ0) is 25.1. The minimum absolute atomic E-state index is 0.00160. The molecule has 4 heteroatoms. The van der Waals surface area contributed by atoms with E-state index in [-0.39, 0.29) is 10.8 Å². The first-order valence-corrected chi connectivity index (χ1v) is 12.4. The zero-order valence-electron chi connectivity index (χ0n) is 20.7. The maximum Gasteiger partial charge on any atom is 0.168 e. The number of nitriles is 1. The first kappa shape index (κ1) is 22.2. The topological polar surface area (TPSA) is 54.5 Å². The van der Waals surface area contributed by atoms with Crippen LogP contribution in [0.25, 0.3) is 28.2 Å². The molecule has 4 aromatic rings. The average Bonchev–Trinajstić information content (AvgIpc) is 3.81. The summed E-state index contributed by atoms with van der Waals surface area (Å²) in [5, 5.41) is 18.7. The maximum absolute atomic E-state index is 9.50. The van der Waals surface area contributed by atoms with Crippen LogP contribution < -0.4 is 0 Å². The summed E-state index contributed by atoms with van der Waals surface area (Å²) in [7, 11) is 0. The lowest BCUT2D eigenvalue weighted by Crippen LogP contribution is -2.17. The lowest BCUT2D eigenvalue weighted by atomic mass is 9.80. The van der Waals surface area contributed by atoms with Crippen molar-refractivity contribution in [2.24, 2.45) is 11.3 Å². The van der Waals surface area contributed by atoms with Crippen LogP contribution >= 0.6 is 0 Å². The fraction of sp³-hybridized carbons (Fsp3) is 0.219. The van der Waals surface area contributed by atoms with Crippen molar-refractivity contribution in [2.75, 3.05) is 0 Å². The van der Waals surface area contributed by atoms with Crippen LogP contribution in [0.5, 0.6) is 0 Å². The molecule has 1 aromatic heterocycles. The molecule has 0 spiro atoms. The second kappa shape index (κ2) is 7.90. The lowest BCUT2D eigenvalue weighted by Gasteiger charge is -2.23. The molecular formula is C32H28N4. The Hall–Kier alpha value is -4.23. The molecule has 2 fully saturated rings. The summed E-state index contributed by atoms with van der Waals surface area (Å²) in [4.78, 5) is 0. The summed E-state index contributed by atoms with van der Waals surface area (Å²) in [5.74, 6) is 2.16. The fourth-order valence-corrected chi connectivity index (χ4v) is 6.22. The number of hydrogen-bond donors (Lipinski definition) is 0. The van der Waals surface area contributed by atoms with Crippen LogP contribution in [-0.4, -0.2) is 14.8 Å². The Balaban J connectivity index is 1.62. The summed E-state index contributed by atoms with van der Waals surface area (Å²) in [6, 6.07) is 26.9. The number of allylic oxidation sites excluding steroid dienone is 2. The van der Waals surface area contributed by atoms with Gasteiger partial charge in [0.05, 0.1) is 17.3 Å². The highest BCUT2D eigenvalue weighted by Gasteiger charge is 2.72. The number of rotatable bonds is 6. The Morgan fingerprint density at radius 2 is 1.78 bits per heavy atom. The first-order valence-electron chi connectivity index (χ1n) is 12.4. The molecule has 0 N–H and O–H groups in total. The molecular weight excluding hydrogens is 440 g/mol. The molecule has 2 atom stereocenters. The zero-order valence-corrected chi connectivity index (χ0v) is 20.7. The largest absolute Gasteiger partial charge is 0.279 e. The van der Waals surface area contributed by atoms with E-state index in [1.165, 1.54) is 24.0 Å². The molecule has 4 nitrogen and oxygen atoms in total. The number of hydrogen-bond acceptors (Lipinski definition) is 3. The van der Waals surface area contributed by atoms with E-state index < -0.39 is 0 Å². The minimum atomic E-state index is -0.308. The van der Waals surface area contributed by atoms with E-state index in [2.05, 4.69) is 84.9 Å². The Bertz CT molecular complexity index is 1570. The molecule has 1 heterocycles. The highest BCUT2D eigenvalue weighted by Crippen LogP contribution is 2.77. The predicted molar refractivity (Wildman–Crippen MR) is 144 cm³/mol. The Labute approximate surface area is 212 Å². The molecule has 2 saturated carbocycles. The van der Waals surface area contributed by atoms with Gasteiger partial charge in [0, 0.05) is 16.4 Å². The molecule has 0 amide bonds. The van der Waals surface area contributed by atoms with Gasteiger partial charge in [0.25, 0.3) is 0 Å². The summed E-state index contributed by atoms with van der Waals surface area (Å²) in [6.07, 6.45) is 4.57. The summed E-state index contributed by atoms with van der Waals surface area (Å²) >= 11 is 0. The van der Waals surface area contributed by atoms with E-state index in [0.717, 1.165) is 34.0 Å². The maximum atomic E-state index is 9.50. The van der Waals surface area contributed by atoms with E-state index in [0.29, 0.717) is 11.5 Å². The van der Waals surface area contributed by atoms with Crippen molar-refractivity contribution in [2.45, 2.75) is 32.1 Å². The highest BCUT2D eigenvalue weighted by molar-refractivity contribution is 5.79. The minimum Gasteiger partial charge on any atom is -0.279 e. The smallest absolute Gasteiger partial charge is 0.168 e. The molecule has 0 aliphatic heterocycles. The van der Waals surface area contributed by atoms with Crippen LogP contribution in [0.1, 0.15) is 36.7 Å². The standard InChI is InChI=1S/C32H28N4/c1-5-32(21(2)31(32,4)26-15-16-26)29-17-14-25(24-11-7-6-8-12-24)19-28(29)30-35-34-22(3)36(30)27-13-9-10-23(18-27)20-33/h5-14,17-19,26H,1-2,15-16H2,3-4H3/t31-,32?/m0/s1. The average molecular weight is 469 g/mol. The SMILES string of the molecule is C=CC1(c2ccc(-c3ccccc3)cc2-c2nnc(C)n2-c2cccc(C#N)c2)C(=C)[C@@]1(C)C1CC1. The monoisotopic (exact) mass is 468 g/mol. The third-order valence-electron chi connectivity index (χ3n) is 8.41. The molecule has 1 unspecified atom stereocenters. The van der Waals surface area contributed by atoms with Gasteiger partial charge in [0.2, 0.25) is 0 Å². The summed E-state index contributed by atoms with van der Waals surface area (Å²) in [5.41, 5.74) is 6.84. The highest BCUT2D eigenvalue weighted by atomic mass is 15.3. The second-order valence-electron chi connectivity index (χ2n) is 10.2. The van der Waals surface area contributed by atoms with E-state index in [9.17, 15) is 5.26 Å². The van der Waals surface area contributed by atoms with Gasteiger partial charge in [-0.15, -0.1) is 16.8 Å². The van der Waals surface area contributed by atoms with Crippen molar-refractivity contribution in [1.82, 2.24) is 14.8 Å². The van der Waals surface area contributed by atoms with Crippen molar-refractivity contribution in [3.8, 4) is 34.3 Å². The number of aryl methyl sites for hydroxylation is 1. The van der Waals surface area contributed by atoms with Crippen LogP contribution in [0.2, 0.25) is 0 Å². The van der Waals surface area contributed by atoms with Gasteiger partial charge in [0.1, 0.15) is 5.82 Å². The van der Waals surface area contributed by atoms with Crippen molar-refractivity contribution < 1.29 is 0 Å². The molecule has 2 aliphatic carbocycles. The Morgan fingerprint density at radius 3 is 2.47 bits per heavy atom. The van der Waals surface area contributed by atoms with Crippen molar-refractivity contribution in [3.63, 3.8) is 0 Å². The third kappa shape index (κ3) is 2.99. The Morgan fingerprint density at radius 1 is 1.00 bits per heavy atom. The predicted octanol–water partition coefficient (Wildman–Crippen LogP) is 7.19. The van der Waals surface area contributed by atoms with Gasteiger partial charge in [-0.2, -0.15) is 5.26 Å². The second-order valence-corrected chi connectivity index (χ2v) is 10.2. The van der Waals surface area contributed by atoms with Crippen molar-refractivity contribution >= 4 is 0 Å². The van der Waals surface area contributed by atoms with Crippen LogP contribution in [0.15, 0.2) is 97.6 Å². The molecule has 6 rings (SSSR count).